The van der Waals surface area contributed by atoms with Gasteiger partial charge in [0.1, 0.15) is 6.54 Å². The van der Waals surface area contributed by atoms with Crippen molar-refractivity contribution in [1.29, 1.82) is 0 Å². The SMILES string of the molecule is Nc1ccccc1N(CC(=O)O)C1CCOC2(CCC2)C1. The Hall–Kier alpha value is -1.75. The molecule has 1 aromatic carbocycles. The molecule has 0 bridgehead atoms. The predicted molar refractivity (Wildman–Crippen MR) is 81.4 cm³/mol. The molecule has 0 amide bonds. The van der Waals surface area contributed by atoms with Gasteiger partial charge in [-0.1, -0.05) is 12.1 Å². The highest BCUT2D eigenvalue weighted by Gasteiger charge is 2.44. The number of aliphatic carboxylic acids is 1. The third kappa shape index (κ3) is 2.83. The average molecular weight is 290 g/mol. The molecule has 3 rings (SSSR count). The Kier molecular flexibility index (Phi) is 3.76. The number of carboxylic acid groups (broad SMARTS) is 1. The van der Waals surface area contributed by atoms with E-state index in [9.17, 15) is 9.90 Å². The van der Waals surface area contributed by atoms with Crippen LogP contribution in [-0.2, 0) is 9.53 Å². The lowest BCUT2D eigenvalue weighted by molar-refractivity contribution is -0.139. The molecule has 5 heteroatoms. The first-order valence-electron chi connectivity index (χ1n) is 7.57. The Morgan fingerprint density at radius 2 is 2.19 bits per heavy atom. The Bertz CT molecular complexity index is 528. The smallest absolute Gasteiger partial charge is 0.323 e. The summed E-state index contributed by atoms with van der Waals surface area (Å²) in [4.78, 5) is 13.2. The number of nitrogens with two attached hydrogens (primary N) is 1. The van der Waals surface area contributed by atoms with Gasteiger partial charge in [0.2, 0.25) is 0 Å². The van der Waals surface area contributed by atoms with Crippen molar-refractivity contribution in [3.05, 3.63) is 24.3 Å². The van der Waals surface area contributed by atoms with Crippen LogP contribution in [0.5, 0.6) is 0 Å². The number of hydrogen-bond donors (Lipinski definition) is 2. The van der Waals surface area contributed by atoms with Crippen molar-refractivity contribution in [2.24, 2.45) is 0 Å². The van der Waals surface area contributed by atoms with E-state index in [1.54, 1.807) is 0 Å². The Morgan fingerprint density at radius 1 is 1.43 bits per heavy atom. The molecule has 1 aliphatic carbocycles. The van der Waals surface area contributed by atoms with E-state index in [1.165, 1.54) is 6.42 Å². The predicted octanol–water partition coefficient (Wildman–Crippen LogP) is 2.26. The van der Waals surface area contributed by atoms with Gasteiger partial charge in [-0.15, -0.1) is 0 Å². The quantitative estimate of drug-likeness (QED) is 0.832. The summed E-state index contributed by atoms with van der Waals surface area (Å²) in [5.41, 5.74) is 7.49. The average Bonchev–Trinajstić information content (AvgIpc) is 2.44. The minimum absolute atomic E-state index is 0.0107. The molecule has 1 atom stereocenters. The third-order valence-corrected chi connectivity index (χ3v) is 4.72. The van der Waals surface area contributed by atoms with E-state index in [4.69, 9.17) is 10.5 Å². The van der Waals surface area contributed by atoms with Gasteiger partial charge in [-0.3, -0.25) is 4.79 Å². The number of ether oxygens (including phenoxy) is 1. The van der Waals surface area contributed by atoms with Gasteiger partial charge in [0, 0.05) is 12.6 Å². The number of nitrogens with zero attached hydrogens (tertiary/aromatic N) is 1. The Morgan fingerprint density at radius 3 is 2.81 bits per heavy atom. The van der Waals surface area contributed by atoms with Crippen LogP contribution in [0.2, 0.25) is 0 Å². The number of benzene rings is 1. The van der Waals surface area contributed by atoms with Crippen LogP contribution in [0.15, 0.2) is 24.3 Å². The number of hydrogen-bond acceptors (Lipinski definition) is 4. The zero-order valence-corrected chi connectivity index (χ0v) is 12.1. The summed E-state index contributed by atoms with van der Waals surface area (Å²) in [6, 6.07) is 7.68. The summed E-state index contributed by atoms with van der Waals surface area (Å²) >= 11 is 0. The van der Waals surface area contributed by atoms with E-state index in [-0.39, 0.29) is 18.2 Å². The number of rotatable bonds is 4. The van der Waals surface area contributed by atoms with Gasteiger partial charge in [-0.2, -0.15) is 0 Å². The molecule has 1 aromatic rings. The van der Waals surface area contributed by atoms with Gasteiger partial charge in [-0.25, -0.2) is 0 Å². The zero-order valence-electron chi connectivity index (χ0n) is 12.1. The van der Waals surface area contributed by atoms with Crippen molar-refractivity contribution in [3.63, 3.8) is 0 Å². The summed E-state index contributed by atoms with van der Waals surface area (Å²) in [5, 5.41) is 9.25. The molecule has 1 aliphatic heterocycles. The largest absolute Gasteiger partial charge is 0.480 e. The molecule has 5 nitrogen and oxygen atoms in total. The number of para-hydroxylation sites is 2. The normalized spacial score (nSPS) is 23.5. The fraction of sp³-hybridized carbons (Fsp3) is 0.562. The summed E-state index contributed by atoms with van der Waals surface area (Å²) < 4.78 is 5.95. The van der Waals surface area contributed by atoms with Crippen molar-refractivity contribution in [3.8, 4) is 0 Å². The number of nitrogen functional groups attached to an aromatic ring is 1. The van der Waals surface area contributed by atoms with Crippen molar-refractivity contribution in [2.45, 2.75) is 43.7 Å². The number of anilines is 2. The summed E-state index contributed by atoms with van der Waals surface area (Å²) in [6.45, 7) is 0.683. The van der Waals surface area contributed by atoms with E-state index in [0.717, 1.165) is 31.4 Å². The minimum atomic E-state index is -0.826. The zero-order chi connectivity index (χ0) is 14.9. The first kappa shape index (κ1) is 14.2. The topological polar surface area (TPSA) is 75.8 Å². The molecule has 21 heavy (non-hydrogen) atoms. The van der Waals surface area contributed by atoms with E-state index in [2.05, 4.69) is 0 Å². The van der Waals surface area contributed by atoms with Crippen molar-refractivity contribution in [1.82, 2.24) is 0 Å². The third-order valence-electron chi connectivity index (χ3n) is 4.72. The van der Waals surface area contributed by atoms with Gasteiger partial charge < -0.3 is 20.5 Å². The highest BCUT2D eigenvalue weighted by molar-refractivity contribution is 5.77. The van der Waals surface area contributed by atoms with Gasteiger partial charge >= 0.3 is 5.97 Å². The summed E-state index contributed by atoms with van der Waals surface area (Å²) in [5.74, 6) is -0.826. The molecule has 1 heterocycles. The maximum atomic E-state index is 11.3. The van der Waals surface area contributed by atoms with Gasteiger partial charge in [0.15, 0.2) is 0 Å². The first-order chi connectivity index (χ1) is 10.1. The molecule has 1 saturated carbocycles. The van der Waals surface area contributed by atoms with E-state index in [1.807, 2.05) is 29.2 Å². The Balaban J connectivity index is 1.85. The van der Waals surface area contributed by atoms with Gasteiger partial charge in [0.25, 0.3) is 0 Å². The van der Waals surface area contributed by atoms with Crippen LogP contribution in [0.25, 0.3) is 0 Å². The molecule has 0 aromatic heterocycles. The van der Waals surface area contributed by atoms with E-state index < -0.39 is 5.97 Å². The molecule has 2 fully saturated rings. The van der Waals surface area contributed by atoms with Crippen LogP contribution in [-0.4, -0.2) is 35.9 Å². The number of carboxylic acids is 1. The van der Waals surface area contributed by atoms with Crippen LogP contribution in [0.3, 0.4) is 0 Å². The fourth-order valence-corrected chi connectivity index (χ4v) is 3.49. The van der Waals surface area contributed by atoms with Gasteiger partial charge in [-0.05, 0) is 44.2 Å². The molecule has 1 spiro atoms. The second kappa shape index (κ2) is 5.56. The first-order valence-corrected chi connectivity index (χ1v) is 7.57. The van der Waals surface area contributed by atoms with E-state index in [0.29, 0.717) is 12.3 Å². The van der Waals surface area contributed by atoms with Crippen molar-refractivity contribution < 1.29 is 14.6 Å². The highest BCUT2D eigenvalue weighted by atomic mass is 16.5. The molecular formula is C16H22N2O3. The maximum absolute atomic E-state index is 11.3. The highest BCUT2D eigenvalue weighted by Crippen LogP contribution is 2.44. The number of carbonyl (C=O) groups is 1. The van der Waals surface area contributed by atoms with Crippen LogP contribution in [0, 0.1) is 0 Å². The monoisotopic (exact) mass is 290 g/mol. The fourth-order valence-electron chi connectivity index (χ4n) is 3.49. The lowest BCUT2D eigenvalue weighted by Gasteiger charge is -2.49. The lowest BCUT2D eigenvalue weighted by atomic mass is 9.73. The van der Waals surface area contributed by atoms with E-state index >= 15 is 0 Å². The van der Waals surface area contributed by atoms with Crippen LogP contribution in [0.4, 0.5) is 11.4 Å². The molecule has 0 radical (unpaired) electrons. The molecule has 1 unspecified atom stereocenters. The lowest BCUT2D eigenvalue weighted by Crippen LogP contribution is -2.53. The van der Waals surface area contributed by atoms with Crippen LogP contribution in [0.1, 0.15) is 32.1 Å². The molecule has 3 N–H and O–H groups in total. The maximum Gasteiger partial charge on any atom is 0.323 e. The van der Waals surface area contributed by atoms with Crippen molar-refractivity contribution in [2.75, 3.05) is 23.8 Å². The second-order valence-electron chi connectivity index (χ2n) is 6.11. The minimum Gasteiger partial charge on any atom is -0.480 e. The molecular weight excluding hydrogens is 268 g/mol. The Labute approximate surface area is 124 Å². The summed E-state index contributed by atoms with van der Waals surface area (Å²) in [7, 11) is 0. The van der Waals surface area contributed by atoms with Gasteiger partial charge in [0.05, 0.1) is 17.0 Å². The van der Waals surface area contributed by atoms with Crippen LogP contribution < -0.4 is 10.6 Å². The van der Waals surface area contributed by atoms with Crippen LogP contribution >= 0.6 is 0 Å². The summed E-state index contributed by atoms with van der Waals surface area (Å²) in [6.07, 6.45) is 5.14. The molecule has 114 valence electrons. The standard InChI is InChI=1S/C16H22N2O3/c17-13-4-1-2-5-14(13)18(11-15(19)20)12-6-9-21-16(10-12)7-3-8-16/h1-2,4-5,12H,3,6-11,17H2,(H,19,20). The molecule has 1 saturated heterocycles. The second-order valence-corrected chi connectivity index (χ2v) is 6.11. The van der Waals surface area contributed by atoms with Crippen molar-refractivity contribution >= 4 is 17.3 Å². The molecule has 2 aliphatic rings.